The summed E-state index contributed by atoms with van der Waals surface area (Å²) >= 11 is 1.12. The summed E-state index contributed by atoms with van der Waals surface area (Å²) in [6, 6.07) is 5.72. The number of fused-ring (bicyclic) bond motifs is 1. The highest BCUT2D eigenvalue weighted by Crippen LogP contribution is 2.29. The van der Waals surface area contributed by atoms with E-state index in [2.05, 4.69) is 10.3 Å². The lowest BCUT2D eigenvalue weighted by Gasteiger charge is -2.03. The van der Waals surface area contributed by atoms with Crippen molar-refractivity contribution >= 4 is 32.4 Å². The number of anilines is 2. The quantitative estimate of drug-likeness (QED) is 0.552. The molecule has 3 rings (SSSR count). The maximum atomic E-state index is 13.1. The third-order valence-corrected chi connectivity index (χ3v) is 3.52. The Balaban J connectivity index is 1.96. The standard InChI is InChI=1S/C13H6F4N2S/c14-6-1-2-10-11(3-6)20-13(19-10)18-7-4-8(15)12(17)9(16)5-7/h1-5H,(H,18,19). The van der Waals surface area contributed by atoms with E-state index in [0.29, 0.717) is 15.3 Å². The summed E-state index contributed by atoms with van der Waals surface area (Å²) in [5, 5.41) is 2.99. The molecule has 0 spiro atoms. The Morgan fingerprint density at radius 3 is 2.35 bits per heavy atom. The Hall–Kier alpha value is -2.15. The van der Waals surface area contributed by atoms with Gasteiger partial charge in [-0.15, -0.1) is 0 Å². The van der Waals surface area contributed by atoms with Crippen LogP contribution in [0.4, 0.5) is 28.4 Å². The van der Waals surface area contributed by atoms with Crippen molar-refractivity contribution in [2.45, 2.75) is 0 Å². The zero-order valence-corrected chi connectivity index (χ0v) is 10.6. The van der Waals surface area contributed by atoms with Gasteiger partial charge in [0.1, 0.15) is 5.82 Å². The number of nitrogens with one attached hydrogen (secondary N) is 1. The Morgan fingerprint density at radius 2 is 1.65 bits per heavy atom. The molecule has 3 aromatic rings. The largest absolute Gasteiger partial charge is 0.331 e. The lowest BCUT2D eigenvalue weighted by Crippen LogP contribution is -1.95. The molecule has 2 nitrogen and oxygen atoms in total. The minimum Gasteiger partial charge on any atom is -0.331 e. The van der Waals surface area contributed by atoms with Gasteiger partial charge in [0.2, 0.25) is 0 Å². The molecule has 1 heterocycles. The van der Waals surface area contributed by atoms with Gasteiger partial charge >= 0.3 is 0 Å². The summed E-state index contributed by atoms with van der Waals surface area (Å²) in [5.74, 6) is -4.51. The second-order valence-corrected chi connectivity index (χ2v) is 5.04. The summed E-state index contributed by atoms with van der Waals surface area (Å²) in [6.45, 7) is 0. The predicted octanol–water partition coefficient (Wildman–Crippen LogP) is 4.60. The molecule has 0 bridgehead atoms. The molecule has 0 radical (unpaired) electrons. The Morgan fingerprint density at radius 1 is 0.950 bits per heavy atom. The molecular weight excluding hydrogens is 292 g/mol. The minimum absolute atomic E-state index is 0.0286. The summed E-state index contributed by atoms with van der Waals surface area (Å²) in [4.78, 5) is 4.13. The van der Waals surface area contributed by atoms with Crippen LogP contribution in [0.25, 0.3) is 10.2 Å². The lowest BCUT2D eigenvalue weighted by molar-refractivity contribution is 0.448. The van der Waals surface area contributed by atoms with Crippen LogP contribution in [0.3, 0.4) is 0 Å². The second kappa shape index (κ2) is 4.75. The van der Waals surface area contributed by atoms with Crippen molar-refractivity contribution in [2.75, 3.05) is 5.32 Å². The number of benzene rings is 2. The van der Waals surface area contributed by atoms with E-state index in [1.54, 1.807) is 0 Å². The molecule has 20 heavy (non-hydrogen) atoms. The molecule has 7 heteroatoms. The molecule has 0 unspecified atom stereocenters. The molecule has 1 N–H and O–H groups in total. The second-order valence-electron chi connectivity index (χ2n) is 4.01. The van der Waals surface area contributed by atoms with Gasteiger partial charge in [-0.3, -0.25) is 0 Å². The van der Waals surface area contributed by atoms with E-state index in [9.17, 15) is 17.6 Å². The van der Waals surface area contributed by atoms with Crippen molar-refractivity contribution in [1.82, 2.24) is 4.98 Å². The summed E-state index contributed by atoms with van der Waals surface area (Å²) in [6.07, 6.45) is 0. The summed E-state index contributed by atoms with van der Waals surface area (Å²) in [5.41, 5.74) is 0.586. The fourth-order valence-corrected chi connectivity index (χ4v) is 2.61. The maximum Gasteiger partial charge on any atom is 0.194 e. The van der Waals surface area contributed by atoms with Crippen LogP contribution >= 0.6 is 11.3 Å². The van der Waals surface area contributed by atoms with Crippen molar-refractivity contribution in [1.29, 1.82) is 0 Å². The van der Waals surface area contributed by atoms with E-state index in [4.69, 9.17) is 0 Å². The first-order valence-electron chi connectivity index (χ1n) is 5.50. The molecule has 0 amide bonds. The van der Waals surface area contributed by atoms with Crippen LogP contribution in [-0.4, -0.2) is 4.98 Å². The topological polar surface area (TPSA) is 24.9 Å². The highest BCUT2D eigenvalue weighted by Gasteiger charge is 2.12. The first-order valence-corrected chi connectivity index (χ1v) is 6.32. The molecule has 0 aliphatic heterocycles. The van der Waals surface area contributed by atoms with Gasteiger partial charge in [0.25, 0.3) is 0 Å². The average Bonchev–Trinajstić information content (AvgIpc) is 2.77. The molecule has 0 aliphatic carbocycles. The third kappa shape index (κ3) is 2.32. The molecule has 0 aliphatic rings. The van der Waals surface area contributed by atoms with Crippen molar-refractivity contribution in [2.24, 2.45) is 0 Å². The molecule has 1 aromatic heterocycles. The number of thiazole rings is 1. The smallest absolute Gasteiger partial charge is 0.194 e. The van der Waals surface area contributed by atoms with Gasteiger partial charge in [-0.2, -0.15) is 0 Å². The van der Waals surface area contributed by atoms with Crippen molar-refractivity contribution in [3.05, 3.63) is 53.6 Å². The van der Waals surface area contributed by atoms with E-state index < -0.39 is 23.3 Å². The number of hydrogen-bond acceptors (Lipinski definition) is 3. The Labute approximate surface area is 114 Å². The van der Waals surface area contributed by atoms with Gasteiger partial charge in [-0.05, 0) is 18.2 Å². The molecule has 0 atom stereocenters. The number of rotatable bonds is 2. The zero-order valence-electron chi connectivity index (χ0n) is 9.75. The van der Waals surface area contributed by atoms with Crippen molar-refractivity contribution in [3.8, 4) is 0 Å². The Bertz CT molecular complexity index is 777. The maximum absolute atomic E-state index is 13.1. The van der Waals surface area contributed by atoms with Gasteiger partial charge in [-0.1, -0.05) is 11.3 Å². The molecule has 0 saturated heterocycles. The van der Waals surface area contributed by atoms with E-state index in [1.165, 1.54) is 18.2 Å². The zero-order chi connectivity index (χ0) is 14.3. The van der Waals surface area contributed by atoms with Crippen LogP contribution in [0.15, 0.2) is 30.3 Å². The van der Waals surface area contributed by atoms with Crippen LogP contribution < -0.4 is 5.32 Å². The molecule has 2 aromatic carbocycles. The fraction of sp³-hybridized carbons (Fsp3) is 0. The van der Waals surface area contributed by atoms with Crippen molar-refractivity contribution in [3.63, 3.8) is 0 Å². The predicted molar refractivity (Wildman–Crippen MR) is 69.2 cm³/mol. The van der Waals surface area contributed by atoms with Crippen LogP contribution in [0, 0.1) is 23.3 Å². The van der Waals surface area contributed by atoms with Gasteiger partial charge in [0.15, 0.2) is 22.6 Å². The van der Waals surface area contributed by atoms with Gasteiger partial charge in [0, 0.05) is 17.8 Å². The first-order chi connectivity index (χ1) is 9.52. The normalized spacial score (nSPS) is 11.0. The fourth-order valence-electron chi connectivity index (χ4n) is 1.70. The van der Waals surface area contributed by atoms with Gasteiger partial charge in [-0.25, -0.2) is 22.5 Å². The minimum atomic E-state index is -1.53. The van der Waals surface area contributed by atoms with Crippen LogP contribution in [-0.2, 0) is 0 Å². The third-order valence-electron chi connectivity index (χ3n) is 2.59. The molecule has 102 valence electrons. The molecule has 0 saturated carbocycles. The highest BCUT2D eigenvalue weighted by atomic mass is 32.1. The summed E-state index contributed by atoms with van der Waals surface area (Å²) in [7, 11) is 0. The number of halogens is 4. The van der Waals surface area contributed by atoms with Gasteiger partial charge < -0.3 is 5.32 Å². The van der Waals surface area contributed by atoms with E-state index in [0.717, 1.165) is 23.5 Å². The lowest BCUT2D eigenvalue weighted by atomic mass is 10.3. The highest BCUT2D eigenvalue weighted by molar-refractivity contribution is 7.22. The van der Waals surface area contributed by atoms with E-state index in [-0.39, 0.29) is 5.69 Å². The number of hydrogen-bond donors (Lipinski definition) is 1. The van der Waals surface area contributed by atoms with Crippen LogP contribution in [0.1, 0.15) is 0 Å². The number of nitrogens with zero attached hydrogens (tertiary/aromatic N) is 1. The monoisotopic (exact) mass is 298 g/mol. The van der Waals surface area contributed by atoms with Crippen LogP contribution in [0.5, 0.6) is 0 Å². The van der Waals surface area contributed by atoms with E-state index in [1.807, 2.05) is 0 Å². The molecular formula is C13H6F4N2S. The van der Waals surface area contributed by atoms with E-state index >= 15 is 0 Å². The summed E-state index contributed by atoms with van der Waals surface area (Å²) < 4.78 is 52.6. The molecule has 0 fully saturated rings. The Kier molecular flexibility index (Phi) is 3.06. The van der Waals surface area contributed by atoms with Gasteiger partial charge in [0.05, 0.1) is 10.2 Å². The average molecular weight is 298 g/mol. The van der Waals surface area contributed by atoms with Crippen LogP contribution in [0.2, 0.25) is 0 Å². The number of aromatic nitrogens is 1. The van der Waals surface area contributed by atoms with Crippen molar-refractivity contribution < 1.29 is 17.6 Å². The first kappa shape index (κ1) is 12.9. The SMILES string of the molecule is Fc1ccc2nc(Nc3cc(F)c(F)c(F)c3)sc2c1.